The van der Waals surface area contributed by atoms with Crippen molar-refractivity contribution in [1.82, 2.24) is 0 Å². The smallest absolute Gasteiger partial charge is 0.403 e. The minimum Gasteiger partial charge on any atom is -0.403 e. The van der Waals surface area contributed by atoms with E-state index in [1.54, 1.807) is 0 Å². The SMILES string of the molecule is OCC=Cc1ccc(OC(F)(F)F)c(F)c1. The van der Waals surface area contributed by atoms with Crippen molar-refractivity contribution in [2.75, 3.05) is 6.61 Å². The molecule has 0 saturated carbocycles. The summed E-state index contributed by atoms with van der Waals surface area (Å²) >= 11 is 0. The van der Waals surface area contributed by atoms with Crippen molar-refractivity contribution in [3.63, 3.8) is 0 Å². The van der Waals surface area contributed by atoms with Gasteiger partial charge in [0.15, 0.2) is 11.6 Å². The Hall–Kier alpha value is -1.56. The first-order valence-electron chi connectivity index (χ1n) is 4.25. The summed E-state index contributed by atoms with van der Waals surface area (Å²) in [5.41, 5.74) is 0.334. The fourth-order valence-electron chi connectivity index (χ4n) is 1.02. The van der Waals surface area contributed by atoms with E-state index in [0.29, 0.717) is 5.56 Å². The molecular weight excluding hydrogens is 228 g/mol. The third-order valence-electron chi connectivity index (χ3n) is 1.60. The average molecular weight is 236 g/mol. The molecule has 0 saturated heterocycles. The van der Waals surface area contributed by atoms with Gasteiger partial charge in [0, 0.05) is 0 Å². The molecule has 0 aromatic heterocycles. The van der Waals surface area contributed by atoms with Crippen LogP contribution in [-0.4, -0.2) is 18.1 Å². The van der Waals surface area contributed by atoms with Crippen LogP contribution in [-0.2, 0) is 0 Å². The lowest BCUT2D eigenvalue weighted by atomic mass is 10.2. The van der Waals surface area contributed by atoms with E-state index in [4.69, 9.17) is 5.11 Å². The zero-order valence-corrected chi connectivity index (χ0v) is 7.96. The summed E-state index contributed by atoms with van der Waals surface area (Å²) in [6, 6.07) is 3.00. The van der Waals surface area contributed by atoms with E-state index >= 15 is 0 Å². The zero-order chi connectivity index (χ0) is 12.2. The van der Waals surface area contributed by atoms with E-state index in [2.05, 4.69) is 4.74 Å². The van der Waals surface area contributed by atoms with Crippen molar-refractivity contribution < 1.29 is 27.4 Å². The topological polar surface area (TPSA) is 29.5 Å². The Kier molecular flexibility index (Phi) is 3.89. The predicted octanol–water partition coefficient (Wildman–Crippen LogP) is 2.73. The molecule has 0 aliphatic carbocycles. The van der Waals surface area contributed by atoms with Crippen molar-refractivity contribution in [2.45, 2.75) is 6.36 Å². The maximum atomic E-state index is 13.1. The van der Waals surface area contributed by atoms with Gasteiger partial charge in [-0.15, -0.1) is 13.2 Å². The first kappa shape index (κ1) is 12.5. The molecule has 0 radical (unpaired) electrons. The third-order valence-corrected chi connectivity index (χ3v) is 1.60. The van der Waals surface area contributed by atoms with Crippen molar-refractivity contribution in [1.29, 1.82) is 0 Å². The number of hydrogen-bond donors (Lipinski definition) is 1. The molecule has 6 heteroatoms. The molecule has 1 aromatic rings. The van der Waals surface area contributed by atoms with E-state index in [1.807, 2.05) is 0 Å². The van der Waals surface area contributed by atoms with Crippen LogP contribution in [0, 0.1) is 5.82 Å². The van der Waals surface area contributed by atoms with E-state index in [1.165, 1.54) is 18.2 Å². The van der Waals surface area contributed by atoms with Gasteiger partial charge in [0.25, 0.3) is 0 Å². The Balaban J connectivity index is 2.87. The summed E-state index contributed by atoms with van der Waals surface area (Å²) in [6.07, 6.45) is -2.21. The van der Waals surface area contributed by atoms with Gasteiger partial charge in [-0.25, -0.2) is 4.39 Å². The van der Waals surface area contributed by atoms with Gasteiger partial charge in [0.1, 0.15) is 0 Å². The van der Waals surface area contributed by atoms with Crippen LogP contribution in [0.25, 0.3) is 6.08 Å². The Bertz CT molecular complexity index is 385. The van der Waals surface area contributed by atoms with Crippen molar-refractivity contribution in [3.8, 4) is 5.75 Å². The van der Waals surface area contributed by atoms with Crippen molar-refractivity contribution >= 4 is 6.08 Å². The monoisotopic (exact) mass is 236 g/mol. The molecule has 2 nitrogen and oxygen atoms in total. The van der Waals surface area contributed by atoms with Gasteiger partial charge in [-0.05, 0) is 17.7 Å². The maximum absolute atomic E-state index is 13.1. The number of hydrogen-bond acceptors (Lipinski definition) is 2. The maximum Gasteiger partial charge on any atom is 0.573 e. The summed E-state index contributed by atoms with van der Waals surface area (Å²) in [5, 5.41) is 8.45. The van der Waals surface area contributed by atoms with E-state index < -0.39 is 17.9 Å². The van der Waals surface area contributed by atoms with Gasteiger partial charge in [0.05, 0.1) is 6.61 Å². The van der Waals surface area contributed by atoms with Crippen LogP contribution in [0.15, 0.2) is 24.3 Å². The van der Waals surface area contributed by atoms with Crippen LogP contribution in [0.4, 0.5) is 17.6 Å². The van der Waals surface area contributed by atoms with Gasteiger partial charge < -0.3 is 9.84 Å². The molecule has 0 unspecified atom stereocenters. The number of ether oxygens (including phenoxy) is 1. The van der Waals surface area contributed by atoms with Gasteiger partial charge in [0.2, 0.25) is 0 Å². The molecule has 1 N–H and O–H groups in total. The Morgan fingerprint density at radius 2 is 2.00 bits per heavy atom. The Morgan fingerprint density at radius 1 is 1.31 bits per heavy atom. The third kappa shape index (κ3) is 3.90. The standard InChI is InChI=1S/C10H8F4O2/c11-8-6-7(2-1-5-15)3-4-9(8)16-10(12,13)14/h1-4,6,15H,5H2. The minimum atomic E-state index is -4.91. The molecule has 0 atom stereocenters. The number of aliphatic hydroxyl groups is 1. The molecule has 88 valence electrons. The summed E-state index contributed by atoms with van der Waals surface area (Å²) in [4.78, 5) is 0. The van der Waals surface area contributed by atoms with Crippen LogP contribution < -0.4 is 4.74 Å². The zero-order valence-electron chi connectivity index (χ0n) is 7.96. The fraction of sp³-hybridized carbons (Fsp3) is 0.200. The molecule has 16 heavy (non-hydrogen) atoms. The second kappa shape index (κ2) is 4.98. The fourth-order valence-corrected chi connectivity index (χ4v) is 1.02. The molecule has 0 bridgehead atoms. The van der Waals surface area contributed by atoms with E-state index in [0.717, 1.165) is 12.1 Å². The summed E-state index contributed by atoms with van der Waals surface area (Å²) < 4.78 is 51.9. The first-order valence-corrected chi connectivity index (χ1v) is 4.25. The molecule has 0 heterocycles. The second-order valence-electron chi connectivity index (χ2n) is 2.82. The summed E-state index contributed by atoms with van der Waals surface area (Å²) in [6.45, 7) is -0.234. The number of halogens is 4. The predicted molar refractivity (Wildman–Crippen MR) is 49.2 cm³/mol. The van der Waals surface area contributed by atoms with Gasteiger partial charge in [-0.1, -0.05) is 18.2 Å². The average Bonchev–Trinajstić information content (AvgIpc) is 2.17. The van der Waals surface area contributed by atoms with Crippen LogP contribution in [0.1, 0.15) is 5.56 Å². The van der Waals surface area contributed by atoms with Gasteiger partial charge in [-0.3, -0.25) is 0 Å². The Morgan fingerprint density at radius 3 is 2.50 bits per heavy atom. The van der Waals surface area contributed by atoms with Crippen molar-refractivity contribution in [2.24, 2.45) is 0 Å². The molecule has 0 spiro atoms. The van der Waals surface area contributed by atoms with Crippen molar-refractivity contribution in [3.05, 3.63) is 35.7 Å². The van der Waals surface area contributed by atoms with Crippen LogP contribution >= 0.6 is 0 Å². The molecule has 1 rings (SSSR count). The number of aliphatic hydroxyl groups excluding tert-OH is 1. The van der Waals surface area contributed by atoms with E-state index in [-0.39, 0.29) is 6.61 Å². The molecule has 0 aliphatic rings. The van der Waals surface area contributed by atoms with Crippen LogP contribution in [0.5, 0.6) is 5.75 Å². The highest BCUT2D eigenvalue weighted by molar-refractivity contribution is 5.51. The highest BCUT2D eigenvalue weighted by Crippen LogP contribution is 2.26. The molecular formula is C10H8F4O2. The highest BCUT2D eigenvalue weighted by Gasteiger charge is 2.32. The summed E-state index contributed by atoms with van der Waals surface area (Å²) in [7, 11) is 0. The Labute approximate surface area is 88.8 Å². The molecule has 0 amide bonds. The second-order valence-corrected chi connectivity index (χ2v) is 2.82. The number of rotatable bonds is 3. The lowest BCUT2D eigenvalue weighted by molar-refractivity contribution is -0.275. The van der Waals surface area contributed by atoms with Gasteiger partial charge in [-0.2, -0.15) is 0 Å². The molecule has 0 aliphatic heterocycles. The van der Waals surface area contributed by atoms with Crippen LogP contribution in [0.2, 0.25) is 0 Å². The molecule has 0 fully saturated rings. The lowest BCUT2D eigenvalue weighted by Crippen LogP contribution is -2.17. The highest BCUT2D eigenvalue weighted by atomic mass is 19.4. The number of benzene rings is 1. The summed E-state index contributed by atoms with van der Waals surface area (Å²) in [5.74, 6) is -1.99. The van der Waals surface area contributed by atoms with Crippen LogP contribution in [0.3, 0.4) is 0 Å². The normalized spacial score (nSPS) is 12.1. The van der Waals surface area contributed by atoms with Gasteiger partial charge >= 0.3 is 6.36 Å². The largest absolute Gasteiger partial charge is 0.573 e. The minimum absolute atomic E-state index is 0.234. The quantitative estimate of drug-likeness (QED) is 0.817. The molecule has 1 aromatic carbocycles. The first-order chi connectivity index (χ1) is 7.42. The van der Waals surface area contributed by atoms with E-state index in [9.17, 15) is 17.6 Å². The lowest BCUT2D eigenvalue weighted by Gasteiger charge is -2.09. The number of alkyl halides is 3.